The van der Waals surface area contributed by atoms with Crippen LogP contribution in [0.25, 0.3) is 0 Å². The fraction of sp³-hybridized carbons (Fsp3) is 0.864. The van der Waals surface area contributed by atoms with Gasteiger partial charge in [-0.15, -0.1) is 0 Å². The Morgan fingerprint density at radius 3 is 1.44 bits per heavy atom. The van der Waals surface area contributed by atoms with Crippen LogP contribution in [0.2, 0.25) is 0 Å². The van der Waals surface area contributed by atoms with Crippen molar-refractivity contribution in [1.29, 1.82) is 0 Å². The van der Waals surface area contributed by atoms with Gasteiger partial charge in [0.2, 0.25) is 7.37 Å². The zero-order valence-electron chi connectivity index (χ0n) is 21.4. The first-order valence-electron chi connectivity index (χ1n) is 11.6. The van der Waals surface area contributed by atoms with Gasteiger partial charge < -0.3 is 19.5 Å². The highest BCUT2D eigenvalue weighted by Gasteiger charge is 2.27. The molecule has 0 aromatic heterocycles. The number of nitrogens with zero attached hydrogens (tertiary/aromatic N) is 3. The van der Waals surface area contributed by atoms with Crippen LogP contribution in [0.15, 0.2) is 0 Å². The summed E-state index contributed by atoms with van der Waals surface area (Å²) in [6, 6.07) is 0. The molecule has 0 radical (unpaired) electrons. The van der Waals surface area contributed by atoms with E-state index in [0.29, 0.717) is 39.3 Å². The molecule has 1 saturated heterocycles. The largest absolute Gasteiger partial charge is 0.481 e. The molecule has 1 unspecified atom stereocenters. The molecule has 2 N–H and O–H groups in total. The summed E-state index contributed by atoms with van der Waals surface area (Å²) in [4.78, 5) is 51.5. The molecule has 1 rings (SSSR count). The zero-order valence-corrected chi connectivity index (χ0v) is 22.3. The number of carbonyl (C=O) groups is 3. The van der Waals surface area contributed by atoms with Crippen LogP contribution in [0.5, 0.6) is 0 Å². The summed E-state index contributed by atoms with van der Waals surface area (Å²) in [6.07, 6.45) is -0.833. The lowest BCUT2D eigenvalue weighted by Gasteiger charge is -2.27. The molecule has 0 aromatic rings. The maximum Gasteiger partial charge on any atom is 0.320 e. The van der Waals surface area contributed by atoms with Crippen LogP contribution in [0.3, 0.4) is 0 Å². The predicted octanol–water partition coefficient (Wildman–Crippen LogP) is 1.29. The van der Waals surface area contributed by atoms with E-state index in [1.54, 1.807) is 46.4 Å². The molecule has 1 aliphatic heterocycles. The van der Waals surface area contributed by atoms with Crippen molar-refractivity contribution in [3.05, 3.63) is 0 Å². The minimum Gasteiger partial charge on any atom is -0.481 e. The van der Waals surface area contributed by atoms with E-state index in [0.717, 1.165) is 0 Å². The fourth-order valence-corrected chi connectivity index (χ4v) is 5.00. The predicted molar refractivity (Wildman–Crippen MR) is 128 cm³/mol. The summed E-state index contributed by atoms with van der Waals surface area (Å²) in [5, 5.41) is 8.85. The van der Waals surface area contributed by atoms with E-state index in [1.165, 1.54) is 0 Å². The third-order valence-corrected chi connectivity index (χ3v) is 6.60. The van der Waals surface area contributed by atoms with E-state index in [2.05, 4.69) is 0 Å². The molecule has 12 heteroatoms. The summed E-state index contributed by atoms with van der Waals surface area (Å²) >= 11 is 0. The SMILES string of the molecule is CC(C)(C)OC(=O)CN1CCN(CC(=O)OC(C)(C)C)CCN(CP(=O)(O)CCC(=O)O)CC1. The van der Waals surface area contributed by atoms with Crippen LogP contribution < -0.4 is 0 Å². The average Bonchev–Trinajstić information content (AvgIpc) is 2.69. The Hall–Kier alpha value is -1.52. The number of carbonyl (C=O) groups excluding carboxylic acids is 2. The molecule has 34 heavy (non-hydrogen) atoms. The van der Waals surface area contributed by atoms with E-state index < -0.39 is 24.5 Å². The second-order valence-corrected chi connectivity index (χ2v) is 13.1. The van der Waals surface area contributed by atoms with Crippen molar-refractivity contribution in [1.82, 2.24) is 14.7 Å². The molecule has 0 amide bonds. The molecule has 198 valence electrons. The van der Waals surface area contributed by atoms with Gasteiger partial charge in [0.05, 0.1) is 25.8 Å². The molecule has 0 saturated carbocycles. The van der Waals surface area contributed by atoms with Crippen LogP contribution in [-0.4, -0.2) is 119 Å². The van der Waals surface area contributed by atoms with Gasteiger partial charge in [0.1, 0.15) is 11.2 Å². The van der Waals surface area contributed by atoms with Gasteiger partial charge in [-0.1, -0.05) is 0 Å². The molecular weight excluding hydrogens is 465 g/mol. The lowest BCUT2D eigenvalue weighted by Crippen LogP contribution is -2.42. The summed E-state index contributed by atoms with van der Waals surface area (Å²) in [6.45, 7) is 13.6. The molecule has 0 aliphatic carbocycles. The van der Waals surface area contributed by atoms with Crippen LogP contribution in [0.4, 0.5) is 0 Å². The Bertz CT molecular complexity index is 705. The molecule has 0 spiro atoms. The van der Waals surface area contributed by atoms with Gasteiger partial charge >= 0.3 is 17.9 Å². The Morgan fingerprint density at radius 2 is 1.12 bits per heavy atom. The maximum atomic E-state index is 12.6. The van der Waals surface area contributed by atoms with Crippen molar-refractivity contribution in [2.24, 2.45) is 0 Å². The lowest BCUT2D eigenvalue weighted by atomic mass is 10.2. The molecule has 1 aliphatic rings. The molecule has 0 bridgehead atoms. The van der Waals surface area contributed by atoms with E-state index in [9.17, 15) is 23.8 Å². The Morgan fingerprint density at radius 1 is 0.765 bits per heavy atom. The van der Waals surface area contributed by atoms with Crippen molar-refractivity contribution in [3.8, 4) is 0 Å². The monoisotopic (exact) mass is 507 g/mol. The van der Waals surface area contributed by atoms with Crippen molar-refractivity contribution in [2.75, 3.05) is 64.8 Å². The molecule has 0 aromatic carbocycles. The van der Waals surface area contributed by atoms with Crippen molar-refractivity contribution in [3.63, 3.8) is 0 Å². The standard InChI is InChI=1S/C22H42N3O8P/c1-21(2,3)32-19(28)15-23-8-9-24(16-20(29)33-22(4,5)6)11-13-25(12-10-23)17-34(30,31)14-7-18(26)27/h7-17H2,1-6H3,(H,26,27)(H,30,31). The molecular formula is C22H42N3O8P. The molecule has 1 heterocycles. The van der Waals surface area contributed by atoms with E-state index in [4.69, 9.17) is 14.6 Å². The highest BCUT2D eigenvalue weighted by molar-refractivity contribution is 7.57. The zero-order chi connectivity index (χ0) is 26.2. The van der Waals surface area contributed by atoms with Crippen LogP contribution in [0.1, 0.15) is 48.0 Å². The van der Waals surface area contributed by atoms with Gasteiger partial charge in [-0.05, 0) is 41.5 Å². The second-order valence-electron chi connectivity index (χ2n) is 10.7. The van der Waals surface area contributed by atoms with Crippen molar-refractivity contribution < 1.29 is 38.4 Å². The maximum absolute atomic E-state index is 12.6. The second kappa shape index (κ2) is 13.0. The minimum atomic E-state index is -3.69. The Balaban J connectivity index is 2.91. The van der Waals surface area contributed by atoms with Crippen molar-refractivity contribution >= 4 is 25.3 Å². The normalized spacial score (nSPS) is 19.4. The quantitative estimate of drug-likeness (QED) is 0.345. The van der Waals surface area contributed by atoms with Crippen molar-refractivity contribution in [2.45, 2.75) is 59.2 Å². The third-order valence-electron chi connectivity index (χ3n) is 4.84. The Kier molecular flexibility index (Phi) is 11.6. The summed E-state index contributed by atoms with van der Waals surface area (Å²) in [7, 11) is -3.69. The topological polar surface area (TPSA) is 137 Å². The number of esters is 2. The van der Waals surface area contributed by atoms with E-state index in [1.807, 2.05) is 9.80 Å². The van der Waals surface area contributed by atoms with Crippen LogP contribution in [-0.2, 0) is 28.4 Å². The smallest absolute Gasteiger partial charge is 0.320 e. The molecule has 11 nitrogen and oxygen atoms in total. The number of hydrogen-bond donors (Lipinski definition) is 2. The van der Waals surface area contributed by atoms with E-state index in [-0.39, 0.29) is 43.9 Å². The average molecular weight is 508 g/mol. The first kappa shape index (κ1) is 30.5. The summed E-state index contributed by atoms with van der Waals surface area (Å²) in [5.74, 6) is -1.86. The van der Waals surface area contributed by atoms with Gasteiger partial charge in [-0.2, -0.15) is 0 Å². The highest BCUT2D eigenvalue weighted by Crippen LogP contribution is 2.41. The molecule has 1 atom stereocenters. The highest BCUT2D eigenvalue weighted by atomic mass is 31.2. The number of rotatable bonds is 9. The first-order valence-corrected chi connectivity index (χ1v) is 13.6. The fourth-order valence-electron chi connectivity index (χ4n) is 3.41. The van der Waals surface area contributed by atoms with Crippen LogP contribution in [0, 0.1) is 0 Å². The van der Waals surface area contributed by atoms with Gasteiger partial charge in [0.25, 0.3) is 0 Å². The first-order chi connectivity index (χ1) is 15.4. The lowest BCUT2D eigenvalue weighted by molar-refractivity contribution is -0.158. The number of hydrogen-bond acceptors (Lipinski definition) is 9. The van der Waals surface area contributed by atoms with Gasteiger partial charge in [-0.3, -0.25) is 33.6 Å². The summed E-state index contributed by atoms with van der Waals surface area (Å²) in [5.41, 5.74) is -1.22. The third kappa shape index (κ3) is 14.7. The number of carboxylic acids is 1. The van der Waals surface area contributed by atoms with Gasteiger partial charge in [-0.25, -0.2) is 0 Å². The van der Waals surface area contributed by atoms with E-state index >= 15 is 0 Å². The summed E-state index contributed by atoms with van der Waals surface area (Å²) < 4.78 is 23.4. The van der Waals surface area contributed by atoms with Crippen LogP contribution >= 0.6 is 7.37 Å². The molecule has 1 fully saturated rings. The minimum absolute atomic E-state index is 0.0567. The van der Waals surface area contributed by atoms with Gasteiger partial charge in [0.15, 0.2) is 0 Å². The Labute approximate surface area is 202 Å². The van der Waals surface area contributed by atoms with Gasteiger partial charge in [0, 0.05) is 45.4 Å². The number of ether oxygens (including phenoxy) is 2. The number of carboxylic acid groups (broad SMARTS) is 1. The number of aliphatic carboxylic acids is 1.